The van der Waals surface area contributed by atoms with Crippen LogP contribution in [0.25, 0.3) is 0 Å². The van der Waals surface area contributed by atoms with Crippen molar-refractivity contribution < 1.29 is 4.74 Å². The fourth-order valence-electron chi connectivity index (χ4n) is 6.12. The monoisotopic (exact) mass is 398 g/mol. The van der Waals surface area contributed by atoms with E-state index in [0.717, 1.165) is 24.4 Å². The van der Waals surface area contributed by atoms with Gasteiger partial charge in [-0.3, -0.25) is 0 Å². The van der Waals surface area contributed by atoms with Crippen molar-refractivity contribution in [3.8, 4) is 0 Å². The van der Waals surface area contributed by atoms with Crippen LogP contribution in [0.15, 0.2) is 24.3 Å². The lowest BCUT2D eigenvalue weighted by Gasteiger charge is -2.50. The summed E-state index contributed by atoms with van der Waals surface area (Å²) >= 11 is 0. The van der Waals surface area contributed by atoms with Crippen LogP contribution in [0.2, 0.25) is 0 Å². The maximum Gasteiger partial charge on any atom is 0.0679 e. The van der Waals surface area contributed by atoms with Gasteiger partial charge in [0.05, 0.1) is 6.10 Å². The zero-order valence-electron chi connectivity index (χ0n) is 20.6. The van der Waals surface area contributed by atoms with E-state index in [0.29, 0.717) is 23.9 Å². The van der Waals surface area contributed by atoms with Crippen LogP contribution in [0.4, 0.5) is 0 Å². The molecule has 0 heterocycles. The molecular formula is C28H46O. The van der Waals surface area contributed by atoms with Crippen LogP contribution >= 0.6 is 0 Å². The highest BCUT2D eigenvalue weighted by Gasteiger charge is 2.51. The Morgan fingerprint density at radius 3 is 2.07 bits per heavy atom. The van der Waals surface area contributed by atoms with Gasteiger partial charge in [-0.2, -0.15) is 0 Å². The van der Waals surface area contributed by atoms with Gasteiger partial charge in [0.25, 0.3) is 0 Å². The molecule has 0 saturated heterocycles. The first kappa shape index (κ1) is 22.9. The maximum atomic E-state index is 6.79. The largest absolute Gasteiger partial charge is 0.377 e. The van der Waals surface area contributed by atoms with Crippen molar-refractivity contribution in [3.05, 3.63) is 35.4 Å². The van der Waals surface area contributed by atoms with Crippen molar-refractivity contribution in [1.29, 1.82) is 0 Å². The fraction of sp³-hybridized carbons (Fsp3) is 0.786. The van der Waals surface area contributed by atoms with Crippen LogP contribution in [0.3, 0.4) is 0 Å². The van der Waals surface area contributed by atoms with Crippen molar-refractivity contribution in [2.45, 2.75) is 99.0 Å². The summed E-state index contributed by atoms with van der Waals surface area (Å²) in [7, 11) is 0. The van der Waals surface area contributed by atoms with Crippen molar-refractivity contribution >= 4 is 0 Å². The van der Waals surface area contributed by atoms with E-state index in [9.17, 15) is 0 Å². The molecule has 0 spiro atoms. The van der Waals surface area contributed by atoms with Crippen LogP contribution in [0.5, 0.6) is 0 Å². The van der Waals surface area contributed by atoms with Gasteiger partial charge in [-0.1, -0.05) is 86.6 Å². The smallest absolute Gasteiger partial charge is 0.0679 e. The third-order valence-electron chi connectivity index (χ3n) is 7.65. The molecule has 1 aromatic rings. The Balaban J connectivity index is 2.01. The van der Waals surface area contributed by atoms with Gasteiger partial charge in [-0.25, -0.2) is 0 Å². The van der Waals surface area contributed by atoms with Crippen LogP contribution in [-0.2, 0) is 10.2 Å². The molecule has 0 radical (unpaired) electrons. The highest BCUT2D eigenvalue weighted by atomic mass is 16.5. The van der Waals surface area contributed by atoms with Crippen molar-refractivity contribution in [1.82, 2.24) is 0 Å². The Hall–Kier alpha value is -0.820. The Labute approximate surface area is 181 Å². The molecule has 0 aromatic heterocycles. The molecule has 0 amide bonds. The lowest BCUT2D eigenvalue weighted by molar-refractivity contribution is -0.0950. The second kappa shape index (κ2) is 8.37. The van der Waals surface area contributed by atoms with Gasteiger partial charge in [0, 0.05) is 12.5 Å². The Morgan fingerprint density at radius 2 is 1.55 bits per heavy atom. The average molecular weight is 399 g/mol. The standard InChI is InChI=1S/C28H46O/c1-18(2)17-29-26-24(28(7,8)9)16-21-14-19(3)15-23(21)25(26)20-10-12-22(13-11-20)27(4,5)6/h10-13,18-19,21,23-26H,14-17H2,1-9H3. The second-order valence-corrected chi connectivity index (χ2v) is 12.8. The molecule has 2 fully saturated rings. The highest BCUT2D eigenvalue weighted by Crippen LogP contribution is 2.57. The summed E-state index contributed by atoms with van der Waals surface area (Å²) in [4.78, 5) is 0. The number of rotatable bonds is 4. The SMILES string of the molecule is CC(C)COC1C(c2ccc(C(C)(C)C)cc2)C2CC(C)CC2CC1C(C)(C)C. The minimum Gasteiger partial charge on any atom is -0.377 e. The third-order valence-corrected chi connectivity index (χ3v) is 7.65. The minimum absolute atomic E-state index is 0.205. The molecule has 0 bridgehead atoms. The average Bonchev–Trinajstić information content (AvgIpc) is 2.97. The predicted octanol–water partition coefficient (Wildman–Crippen LogP) is 7.84. The first-order valence-electron chi connectivity index (χ1n) is 12.1. The van der Waals surface area contributed by atoms with E-state index in [1.54, 1.807) is 0 Å². The van der Waals surface area contributed by atoms with E-state index in [1.807, 2.05) is 0 Å². The first-order valence-corrected chi connectivity index (χ1v) is 12.1. The van der Waals surface area contributed by atoms with E-state index in [2.05, 4.69) is 86.6 Å². The third kappa shape index (κ3) is 5.09. The van der Waals surface area contributed by atoms with E-state index < -0.39 is 0 Å². The van der Waals surface area contributed by atoms with E-state index in [1.165, 1.54) is 30.4 Å². The van der Waals surface area contributed by atoms with Gasteiger partial charge >= 0.3 is 0 Å². The van der Waals surface area contributed by atoms with Gasteiger partial charge < -0.3 is 4.74 Å². The summed E-state index contributed by atoms with van der Waals surface area (Å²) in [6.07, 6.45) is 4.46. The zero-order valence-corrected chi connectivity index (χ0v) is 20.6. The lowest BCUT2D eigenvalue weighted by Crippen LogP contribution is -2.47. The van der Waals surface area contributed by atoms with Crippen molar-refractivity contribution in [2.24, 2.45) is 35.0 Å². The lowest BCUT2D eigenvalue weighted by atomic mass is 9.59. The predicted molar refractivity (Wildman–Crippen MR) is 125 cm³/mol. The molecule has 0 N–H and O–H groups in total. The van der Waals surface area contributed by atoms with Gasteiger partial charge in [-0.05, 0) is 70.8 Å². The molecule has 1 aromatic carbocycles. The summed E-state index contributed by atoms with van der Waals surface area (Å²) in [6.45, 7) is 22.1. The molecule has 1 heteroatoms. The highest BCUT2D eigenvalue weighted by molar-refractivity contribution is 5.32. The molecule has 0 aliphatic heterocycles. The first-order chi connectivity index (χ1) is 13.4. The summed E-state index contributed by atoms with van der Waals surface area (Å²) < 4.78 is 6.79. The zero-order chi connectivity index (χ0) is 21.6. The summed E-state index contributed by atoms with van der Waals surface area (Å²) in [5, 5.41) is 0. The number of benzene rings is 1. The van der Waals surface area contributed by atoms with E-state index in [-0.39, 0.29) is 10.8 Å². The summed E-state index contributed by atoms with van der Waals surface area (Å²) in [5.41, 5.74) is 3.43. The molecule has 2 aliphatic carbocycles. The maximum absolute atomic E-state index is 6.79. The molecule has 29 heavy (non-hydrogen) atoms. The van der Waals surface area contributed by atoms with E-state index >= 15 is 0 Å². The molecule has 164 valence electrons. The summed E-state index contributed by atoms with van der Waals surface area (Å²) in [6, 6.07) is 9.62. The summed E-state index contributed by atoms with van der Waals surface area (Å²) in [5.74, 6) is 4.24. The van der Waals surface area contributed by atoms with Crippen LogP contribution in [-0.4, -0.2) is 12.7 Å². The quantitative estimate of drug-likeness (QED) is 0.502. The molecule has 6 atom stereocenters. The fourth-order valence-corrected chi connectivity index (χ4v) is 6.12. The minimum atomic E-state index is 0.205. The number of hydrogen-bond acceptors (Lipinski definition) is 1. The van der Waals surface area contributed by atoms with Crippen molar-refractivity contribution in [2.75, 3.05) is 6.61 Å². The molecule has 3 rings (SSSR count). The normalized spacial score (nSPS) is 33.2. The second-order valence-electron chi connectivity index (χ2n) is 12.8. The molecule has 6 unspecified atom stereocenters. The van der Waals surface area contributed by atoms with Gasteiger partial charge in [0.15, 0.2) is 0 Å². The Morgan fingerprint density at radius 1 is 0.931 bits per heavy atom. The molecule has 1 nitrogen and oxygen atoms in total. The van der Waals surface area contributed by atoms with Crippen LogP contribution in [0.1, 0.15) is 98.6 Å². The number of fused-ring (bicyclic) bond motifs is 1. The van der Waals surface area contributed by atoms with Gasteiger partial charge in [-0.15, -0.1) is 0 Å². The van der Waals surface area contributed by atoms with Crippen molar-refractivity contribution in [3.63, 3.8) is 0 Å². The Kier molecular flexibility index (Phi) is 6.60. The number of ether oxygens (including phenoxy) is 1. The molecular weight excluding hydrogens is 352 g/mol. The topological polar surface area (TPSA) is 9.23 Å². The van der Waals surface area contributed by atoms with E-state index in [4.69, 9.17) is 4.74 Å². The van der Waals surface area contributed by atoms with Crippen LogP contribution < -0.4 is 0 Å². The van der Waals surface area contributed by atoms with Crippen LogP contribution in [0, 0.1) is 35.0 Å². The Bertz CT molecular complexity index is 657. The molecule has 2 aliphatic rings. The van der Waals surface area contributed by atoms with Gasteiger partial charge in [0.1, 0.15) is 0 Å². The molecule has 2 saturated carbocycles. The van der Waals surface area contributed by atoms with Gasteiger partial charge in [0.2, 0.25) is 0 Å². The number of hydrogen-bond donors (Lipinski definition) is 0.